The molecule has 3 N–H and O–H groups in total. The normalized spacial score (nSPS) is 14.5. The Labute approximate surface area is 240 Å². The van der Waals surface area contributed by atoms with E-state index in [0.717, 1.165) is 37.3 Å². The molecule has 0 bridgehead atoms. The highest BCUT2D eigenvalue weighted by molar-refractivity contribution is 5.83. The fraction of sp³-hybridized carbons (Fsp3) is 0.393. The highest BCUT2D eigenvalue weighted by Gasteiger charge is 2.35. The van der Waals surface area contributed by atoms with Crippen molar-refractivity contribution < 1.29 is 17.6 Å². The summed E-state index contributed by atoms with van der Waals surface area (Å²) in [6.07, 6.45) is 3.20. The van der Waals surface area contributed by atoms with Crippen molar-refractivity contribution in [2.75, 3.05) is 56.7 Å². The van der Waals surface area contributed by atoms with Crippen molar-refractivity contribution in [1.82, 2.24) is 34.4 Å². The highest BCUT2D eigenvalue weighted by atomic mass is 19.4. The van der Waals surface area contributed by atoms with Gasteiger partial charge < -0.3 is 25.4 Å². The maximum absolute atomic E-state index is 14.0. The number of nitrogens with one attached hydrogen (secondary N) is 1. The summed E-state index contributed by atoms with van der Waals surface area (Å²) in [6, 6.07) is 3.01. The first-order chi connectivity index (χ1) is 20.0. The zero-order valence-corrected chi connectivity index (χ0v) is 23.5. The van der Waals surface area contributed by atoms with Gasteiger partial charge in [-0.3, -0.25) is 0 Å². The van der Waals surface area contributed by atoms with Crippen molar-refractivity contribution in [2.45, 2.75) is 31.5 Å². The lowest BCUT2D eigenvalue weighted by Gasteiger charge is -2.34. The van der Waals surface area contributed by atoms with E-state index in [-0.39, 0.29) is 11.5 Å². The van der Waals surface area contributed by atoms with E-state index < -0.39 is 17.6 Å². The molecule has 0 radical (unpaired) electrons. The second kappa shape index (κ2) is 11.9. The van der Waals surface area contributed by atoms with E-state index in [4.69, 9.17) is 10.7 Å². The fourth-order valence-corrected chi connectivity index (χ4v) is 5.13. The molecule has 1 saturated heterocycles. The number of nitrogen functional groups attached to an aromatic ring is 1. The highest BCUT2D eigenvalue weighted by Crippen LogP contribution is 2.38. The van der Waals surface area contributed by atoms with Gasteiger partial charge in [-0.15, -0.1) is 0 Å². The fourth-order valence-electron chi connectivity index (χ4n) is 5.13. The molecule has 1 aliphatic heterocycles. The molecule has 4 heterocycles. The van der Waals surface area contributed by atoms with Gasteiger partial charge in [0.05, 0.1) is 16.8 Å². The van der Waals surface area contributed by atoms with Crippen LogP contribution >= 0.6 is 0 Å². The monoisotopic (exact) mass is 584 g/mol. The van der Waals surface area contributed by atoms with Crippen LogP contribution in [0.5, 0.6) is 0 Å². The first-order valence-electron chi connectivity index (χ1n) is 13.5. The van der Waals surface area contributed by atoms with E-state index in [1.54, 1.807) is 25.6 Å². The molecule has 5 rings (SSSR count). The number of likely N-dealkylation sites (N-methyl/N-ethyl adjacent to an activating group) is 1. The number of imidazole rings is 1. The zero-order chi connectivity index (χ0) is 30.0. The molecule has 1 aliphatic rings. The van der Waals surface area contributed by atoms with E-state index in [2.05, 4.69) is 30.2 Å². The summed E-state index contributed by atoms with van der Waals surface area (Å²) < 4.78 is 56.2. The van der Waals surface area contributed by atoms with Crippen LogP contribution in [0.15, 0.2) is 43.1 Å². The number of nitrogens with zero attached hydrogens (tertiary/aromatic N) is 8. The summed E-state index contributed by atoms with van der Waals surface area (Å²) >= 11 is 0. The van der Waals surface area contributed by atoms with Crippen molar-refractivity contribution in [2.24, 2.45) is 0 Å². The van der Waals surface area contributed by atoms with Crippen molar-refractivity contribution in [3.63, 3.8) is 0 Å². The van der Waals surface area contributed by atoms with Crippen LogP contribution in [0.2, 0.25) is 0 Å². The molecular formula is C28H32F4N10. The van der Waals surface area contributed by atoms with Gasteiger partial charge in [-0.05, 0) is 45.1 Å². The zero-order valence-electron chi connectivity index (χ0n) is 23.5. The average molecular weight is 585 g/mol. The minimum atomic E-state index is -4.80. The van der Waals surface area contributed by atoms with Gasteiger partial charge in [0.15, 0.2) is 0 Å². The molecule has 14 heteroatoms. The summed E-state index contributed by atoms with van der Waals surface area (Å²) in [7, 11) is 5.64. The van der Waals surface area contributed by atoms with Crippen LogP contribution in [0.1, 0.15) is 30.1 Å². The van der Waals surface area contributed by atoms with Crippen LogP contribution in [0.4, 0.5) is 35.1 Å². The predicted molar refractivity (Wildman–Crippen MR) is 152 cm³/mol. The third-order valence-electron chi connectivity index (χ3n) is 7.34. The molecule has 222 valence electrons. The van der Waals surface area contributed by atoms with Crippen LogP contribution in [-0.2, 0) is 12.7 Å². The Balaban J connectivity index is 1.41. The Morgan fingerprint density at radius 1 is 1.05 bits per heavy atom. The molecule has 0 spiro atoms. The van der Waals surface area contributed by atoms with E-state index >= 15 is 0 Å². The number of aromatic nitrogens is 6. The number of benzene rings is 1. The Morgan fingerprint density at radius 3 is 2.40 bits per heavy atom. The summed E-state index contributed by atoms with van der Waals surface area (Å²) in [5.41, 5.74) is 6.93. The molecule has 0 saturated carbocycles. The molecule has 4 aromatic rings. The van der Waals surface area contributed by atoms with Gasteiger partial charge in [0, 0.05) is 68.9 Å². The molecule has 0 atom stereocenters. The van der Waals surface area contributed by atoms with Gasteiger partial charge in [0.2, 0.25) is 5.95 Å². The van der Waals surface area contributed by atoms with Gasteiger partial charge in [0.25, 0.3) is 0 Å². The molecule has 0 unspecified atom stereocenters. The van der Waals surface area contributed by atoms with E-state index in [1.165, 1.54) is 12.4 Å². The second-order valence-electron chi connectivity index (χ2n) is 10.4. The number of nitrogens with two attached hydrogens (primary N) is 1. The molecule has 0 aliphatic carbocycles. The maximum atomic E-state index is 14.0. The Kier molecular flexibility index (Phi) is 8.25. The molecule has 1 aromatic carbocycles. The Bertz CT molecular complexity index is 1530. The van der Waals surface area contributed by atoms with Crippen molar-refractivity contribution in [1.29, 1.82) is 0 Å². The van der Waals surface area contributed by atoms with Crippen LogP contribution in [-0.4, -0.2) is 75.2 Å². The maximum Gasteiger partial charge on any atom is 0.419 e. The Morgan fingerprint density at radius 2 is 1.76 bits per heavy atom. The number of alkyl halides is 3. The largest absolute Gasteiger partial charge is 0.419 e. The van der Waals surface area contributed by atoms with Gasteiger partial charge in [-0.2, -0.15) is 13.2 Å². The first kappa shape index (κ1) is 29.2. The summed E-state index contributed by atoms with van der Waals surface area (Å²) in [4.78, 5) is 26.3. The third-order valence-corrected chi connectivity index (χ3v) is 7.34. The SMILES string of the molecule is CNc1ncc(-c2c(N)ncnc2N2CCC(c3nc(-c4ccc(F)c(C(F)(F)F)c4)cn3CCN(C)C)CC2)cn1. The van der Waals surface area contributed by atoms with Gasteiger partial charge in [-0.1, -0.05) is 0 Å². The number of piperidine rings is 1. The van der Waals surface area contributed by atoms with Crippen LogP contribution in [0.25, 0.3) is 22.4 Å². The van der Waals surface area contributed by atoms with Crippen molar-refractivity contribution >= 4 is 17.6 Å². The molecule has 42 heavy (non-hydrogen) atoms. The number of halogens is 4. The van der Waals surface area contributed by atoms with Gasteiger partial charge >= 0.3 is 6.18 Å². The predicted octanol–water partition coefficient (Wildman–Crippen LogP) is 4.52. The van der Waals surface area contributed by atoms with Crippen molar-refractivity contribution in [3.05, 3.63) is 60.3 Å². The number of rotatable bonds is 8. The minimum Gasteiger partial charge on any atom is -0.383 e. The van der Waals surface area contributed by atoms with E-state index in [9.17, 15) is 17.6 Å². The molecule has 3 aromatic heterocycles. The summed E-state index contributed by atoms with van der Waals surface area (Å²) in [5.74, 6) is 1.04. The van der Waals surface area contributed by atoms with E-state index in [1.807, 2.05) is 23.6 Å². The van der Waals surface area contributed by atoms with Crippen LogP contribution in [0, 0.1) is 5.82 Å². The molecule has 10 nitrogen and oxygen atoms in total. The van der Waals surface area contributed by atoms with Gasteiger partial charge in [-0.25, -0.2) is 29.3 Å². The Hall–Kier alpha value is -4.33. The topological polar surface area (TPSA) is 114 Å². The number of hydrogen-bond acceptors (Lipinski definition) is 9. The quantitative estimate of drug-likeness (QED) is 0.289. The van der Waals surface area contributed by atoms with Crippen molar-refractivity contribution in [3.8, 4) is 22.4 Å². The lowest BCUT2D eigenvalue weighted by molar-refractivity contribution is -0.139. The lowest BCUT2D eigenvalue weighted by atomic mass is 9.95. The van der Waals surface area contributed by atoms with E-state index in [0.29, 0.717) is 54.0 Å². The van der Waals surface area contributed by atoms with Gasteiger partial charge in [0.1, 0.15) is 29.6 Å². The lowest BCUT2D eigenvalue weighted by Crippen LogP contribution is -2.35. The second-order valence-corrected chi connectivity index (χ2v) is 10.4. The minimum absolute atomic E-state index is 0.0561. The van der Waals surface area contributed by atoms with Crippen LogP contribution in [0.3, 0.4) is 0 Å². The molecule has 0 amide bonds. The number of anilines is 3. The summed E-state index contributed by atoms with van der Waals surface area (Å²) in [5, 5.41) is 2.89. The average Bonchev–Trinajstić information content (AvgIpc) is 3.40. The first-order valence-corrected chi connectivity index (χ1v) is 13.5. The standard InChI is InChI=1S/C28H32F4N10/c1-34-27-35-13-19(14-36-27)23-24(33)37-16-38-26(23)41-8-6-17(7-9-41)25-39-22(15-42(25)11-10-40(2)3)18-4-5-21(29)20(12-18)28(30,31)32/h4-5,12-17H,6-11H2,1-3H3,(H2,33,37,38)(H,34,35,36). The third kappa shape index (κ3) is 6.12. The summed E-state index contributed by atoms with van der Waals surface area (Å²) in [6.45, 7) is 2.62. The number of hydrogen-bond donors (Lipinski definition) is 2. The molecular weight excluding hydrogens is 552 g/mol. The molecule has 1 fully saturated rings. The van der Waals surface area contributed by atoms with Crippen LogP contribution < -0.4 is 16.0 Å². The smallest absolute Gasteiger partial charge is 0.383 e.